The molecular weight excluding hydrogens is 431 g/mol. The molecule has 0 spiro atoms. The Morgan fingerprint density at radius 3 is 2.46 bits per heavy atom. The highest BCUT2D eigenvalue weighted by molar-refractivity contribution is 14.0. The van der Waals surface area contributed by atoms with E-state index >= 15 is 0 Å². The van der Waals surface area contributed by atoms with Crippen LogP contribution in [0.15, 0.2) is 35.3 Å². The van der Waals surface area contributed by atoms with Gasteiger partial charge in [0.15, 0.2) is 5.96 Å². The van der Waals surface area contributed by atoms with Crippen molar-refractivity contribution in [3.8, 4) is 0 Å². The van der Waals surface area contributed by atoms with Crippen molar-refractivity contribution in [2.24, 2.45) is 4.99 Å². The van der Waals surface area contributed by atoms with Gasteiger partial charge in [-0.1, -0.05) is 30.3 Å². The number of thioether (sulfide) groups is 1. The SMILES string of the molecule is CCNC(=NCC(C)(C)SC)NCCN(C)Cc1ccccc1.I. The van der Waals surface area contributed by atoms with Crippen LogP contribution in [0.1, 0.15) is 26.3 Å². The van der Waals surface area contributed by atoms with Crippen LogP contribution >= 0.6 is 35.7 Å². The molecule has 0 aliphatic rings. The van der Waals surface area contributed by atoms with Gasteiger partial charge in [0.05, 0.1) is 6.54 Å². The number of halogens is 1. The summed E-state index contributed by atoms with van der Waals surface area (Å²) in [5, 5.41) is 6.74. The number of guanidine groups is 1. The largest absolute Gasteiger partial charge is 0.357 e. The molecule has 6 heteroatoms. The smallest absolute Gasteiger partial charge is 0.191 e. The lowest BCUT2D eigenvalue weighted by molar-refractivity contribution is 0.331. The number of hydrogen-bond acceptors (Lipinski definition) is 3. The van der Waals surface area contributed by atoms with E-state index in [4.69, 9.17) is 4.99 Å². The van der Waals surface area contributed by atoms with Crippen LogP contribution < -0.4 is 10.6 Å². The first-order valence-corrected chi connectivity index (χ1v) is 9.49. The van der Waals surface area contributed by atoms with E-state index < -0.39 is 0 Å². The second kappa shape index (κ2) is 12.8. The van der Waals surface area contributed by atoms with E-state index in [2.05, 4.69) is 79.9 Å². The molecule has 138 valence electrons. The highest BCUT2D eigenvalue weighted by Crippen LogP contribution is 2.20. The fourth-order valence-corrected chi connectivity index (χ4v) is 2.21. The molecule has 1 aromatic carbocycles. The van der Waals surface area contributed by atoms with Gasteiger partial charge in [-0.15, -0.1) is 24.0 Å². The maximum atomic E-state index is 4.69. The molecule has 0 saturated carbocycles. The Kier molecular flexibility index (Phi) is 12.6. The van der Waals surface area contributed by atoms with Crippen LogP contribution in [-0.4, -0.2) is 55.1 Å². The monoisotopic (exact) mass is 464 g/mol. The first-order valence-electron chi connectivity index (χ1n) is 8.26. The van der Waals surface area contributed by atoms with Gasteiger partial charge in [0.25, 0.3) is 0 Å². The number of nitrogens with one attached hydrogen (secondary N) is 2. The first-order chi connectivity index (χ1) is 11.0. The van der Waals surface area contributed by atoms with Crippen molar-refractivity contribution >= 4 is 41.7 Å². The number of aliphatic imine (C=N–C) groups is 1. The molecule has 0 saturated heterocycles. The predicted octanol–water partition coefficient (Wildman–Crippen LogP) is 3.43. The summed E-state index contributed by atoms with van der Waals surface area (Å²) >= 11 is 1.85. The number of benzene rings is 1. The molecule has 2 N–H and O–H groups in total. The highest BCUT2D eigenvalue weighted by atomic mass is 127. The zero-order valence-electron chi connectivity index (χ0n) is 15.6. The van der Waals surface area contributed by atoms with Gasteiger partial charge in [0.1, 0.15) is 0 Å². The quantitative estimate of drug-likeness (QED) is 0.334. The van der Waals surface area contributed by atoms with Gasteiger partial charge in [-0.05, 0) is 39.6 Å². The highest BCUT2D eigenvalue weighted by Gasteiger charge is 2.15. The van der Waals surface area contributed by atoms with E-state index in [1.165, 1.54) is 5.56 Å². The summed E-state index contributed by atoms with van der Waals surface area (Å²) in [6.45, 7) is 11.1. The van der Waals surface area contributed by atoms with E-state index in [0.717, 1.165) is 38.7 Å². The normalized spacial score (nSPS) is 12.0. The van der Waals surface area contributed by atoms with Crippen LogP contribution in [-0.2, 0) is 6.54 Å². The molecule has 0 unspecified atom stereocenters. The lowest BCUT2D eigenvalue weighted by atomic mass is 10.2. The van der Waals surface area contributed by atoms with Crippen LogP contribution in [0.25, 0.3) is 0 Å². The molecule has 0 heterocycles. The zero-order chi connectivity index (χ0) is 17.1. The van der Waals surface area contributed by atoms with Crippen LogP contribution in [0.5, 0.6) is 0 Å². The van der Waals surface area contributed by atoms with Gasteiger partial charge in [-0.3, -0.25) is 4.99 Å². The van der Waals surface area contributed by atoms with Crippen LogP contribution in [0.2, 0.25) is 0 Å². The average Bonchev–Trinajstić information content (AvgIpc) is 2.53. The lowest BCUT2D eigenvalue weighted by Crippen LogP contribution is -2.41. The van der Waals surface area contributed by atoms with Crippen molar-refractivity contribution in [1.82, 2.24) is 15.5 Å². The molecule has 1 rings (SSSR count). The second-order valence-electron chi connectivity index (χ2n) is 6.31. The summed E-state index contributed by atoms with van der Waals surface area (Å²) in [6, 6.07) is 10.6. The summed E-state index contributed by atoms with van der Waals surface area (Å²) in [5.41, 5.74) is 1.34. The first kappa shape index (κ1) is 23.5. The molecule has 0 fully saturated rings. The van der Waals surface area contributed by atoms with Crippen molar-refractivity contribution in [1.29, 1.82) is 0 Å². The number of hydrogen-bond donors (Lipinski definition) is 2. The van der Waals surface area contributed by atoms with Crippen molar-refractivity contribution in [2.45, 2.75) is 32.1 Å². The Balaban J connectivity index is 0.00000529. The molecule has 0 aromatic heterocycles. The van der Waals surface area contributed by atoms with Crippen molar-refractivity contribution in [3.63, 3.8) is 0 Å². The van der Waals surface area contributed by atoms with Gasteiger partial charge >= 0.3 is 0 Å². The van der Waals surface area contributed by atoms with E-state index in [0.29, 0.717) is 0 Å². The van der Waals surface area contributed by atoms with Crippen LogP contribution in [0, 0.1) is 0 Å². The summed E-state index contributed by atoms with van der Waals surface area (Å²) in [6.07, 6.45) is 2.13. The Hall–Kier alpha value is -0.470. The van der Waals surface area contributed by atoms with E-state index in [1.54, 1.807) is 0 Å². The third-order valence-electron chi connectivity index (χ3n) is 3.60. The maximum absolute atomic E-state index is 4.69. The Bertz CT molecular complexity index is 465. The number of rotatable bonds is 9. The third kappa shape index (κ3) is 10.4. The van der Waals surface area contributed by atoms with Crippen molar-refractivity contribution in [2.75, 3.05) is 39.5 Å². The minimum Gasteiger partial charge on any atom is -0.357 e. The van der Waals surface area contributed by atoms with Gasteiger partial charge in [0, 0.05) is 30.9 Å². The van der Waals surface area contributed by atoms with Gasteiger partial charge < -0.3 is 15.5 Å². The van der Waals surface area contributed by atoms with Crippen LogP contribution in [0.3, 0.4) is 0 Å². The lowest BCUT2D eigenvalue weighted by Gasteiger charge is -2.21. The van der Waals surface area contributed by atoms with Gasteiger partial charge in [-0.2, -0.15) is 11.8 Å². The summed E-state index contributed by atoms with van der Waals surface area (Å²) in [4.78, 5) is 7.01. The predicted molar refractivity (Wildman–Crippen MR) is 120 cm³/mol. The molecule has 4 nitrogen and oxygen atoms in total. The Morgan fingerprint density at radius 2 is 1.88 bits per heavy atom. The fraction of sp³-hybridized carbons (Fsp3) is 0.611. The Labute approximate surface area is 169 Å². The standard InChI is InChI=1S/C18H32N4S.HI/c1-6-19-17(21-15-18(2,3)23-5)20-12-13-22(4)14-16-10-8-7-9-11-16;/h7-11H,6,12-15H2,1-5H3,(H2,19,20,21);1H. The number of nitrogens with zero attached hydrogens (tertiary/aromatic N) is 2. The van der Waals surface area contributed by atoms with Crippen LogP contribution in [0.4, 0.5) is 0 Å². The molecule has 1 aromatic rings. The molecule has 0 aliphatic carbocycles. The summed E-state index contributed by atoms with van der Waals surface area (Å²) in [5.74, 6) is 0.905. The molecule has 0 bridgehead atoms. The topological polar surface area (TPSA) is 39.7 Å². The van der Waals surface area contributed by atoms with E-state index in [-0.39, 0.29) is 28.7 Å². The summed E-state index contributed by atoms with van der Waals surface area (Å²) < 4.78 is 0.173. The second-order valence-corrected chi connectivity index (χ2v) is 7.82. The van der Waals surface area contributed by atoms with Gasteiger partial charge in [0.2, 0.25) is 0 Å². The average molecular weight is 464 g/mol. The fourth-order valence-electron chi connectivity index (χ4n) is 2.02. The van der Waals surface area contributed by atoms with Crippen molar-refractivity contribution in [3.05, 3.63) is 35.9 Å². The van der Waals surface area contributed by atoms with Gasteiger partial charge in [-0.25, -0.2) is 0 Å². The molecule has 0 radical (unpaired) electrons. The van der Waals surface area contributed by atoms with Crippen molar-refractivity contribution < 1.29 is 0 Å². The van der Waals surface area contributed by atoms with E-state index in [1.807, 2.05) is 11.8 Å². The molecule has 24 heavy (non-hydrogen) atoms. The minimum atomic E-state index is 0. The minimum absolute atomic E-state index is 0. The third-order valence-corrected chi connectivity index (χ3v) is 4.83. The molecular formula is C18H33IN4S. The maximum Gasteiger partial charge on any atom is 0.191 e. The molecule has 0 amide bonds. The molecule has 0 aliphatic heterocycles. The zero-order valence-corrected chi connectivity index (χ0v) is 18.8. The van der Waals surface area contributed by atoms with E-state index in [9.17, 15) is 0 Å². The summed E-state index contributed by atoms with van der Waals surface area (Å²) in [7, 11) is 2.15. The Morgan fingerprint density at radius 1 is 1.21 bits per heavy atom. The molecule has 0 atom stereocenters. The number of likely N-dealkylation sites (N-methyl/N-ethyl adjacent to an activating group) is 1.